The minimum Gasteiger partial charge on any atom is -0.453 e. The van der Waals surface area contributed by atoms with Gasteiger partial charge in [-0.25, -0.2) is 8.42 Å². The maximum absolute atomic E-state index is 12.3. The Balaban J connectivity index is 1.46. The monoisotopic (exact) mass is 410 g/mol. The highest BCUT2D eigenvalue weighted by atomic mass is 32.2. The Bertz CT molecular complexity index is 802. The van der Waals surface area contributed by atoms with E-state index in [2.05, 4.69) is 10.2 Å². The molecule has 2 atom stereocenters. The summed E-state index contributed by atoms with van der Waals surface area (Å²) in [6.07, 6.45) is -0.470. The van der Waals surface area contributed by atoms with Crippen LogP contribution in [0, 0.1) is 5.92 Å². The molecule has 2 aliphatic heterocycles. The van der Waals surface area contributed by atoms with E-state index in [1.54, 1.807) is 12.1 Å². The highest BCUT2D eigenvalue weighted by Crippen LogP contribution is 2.22. The van der Waals surface area contributed by atoms with E-state index in [4.69, 9.17) is 9.47 Å². The van der Waals surface area contributed by atoms with Crippen LogP contribution in [0.2, 0.25) is 0 Å². The van der Waals surface area contributed by atoms with Gasteiger partial charge in [-0.15, -0.1) is 0 Å². The quantitative estimate of drug-likeness (QED) is 0.704. The predicted octanol–water partition coefficient (Wildman–Crippen LogP) is 1.22. The summed E-state index contributed by atoms with van der Waals surface area (Å²) in [5.41, 5.74) is 1.68. The third-order valence-electron chi connectivity index (χ3n) is 4.97. The number of esters is 1. The van der Waals surface area contributed by atoms with Crippen molar-refractivity contribution in [1.29, 1.82) is 0 Å². The lowest BCUT2D eigenvalue weighted by atomic mass is 10.1. The van der Waals surface area contributed by atoms with Gasteiger partial charge in [-0.3, -0.25) is 9.59 Å². The molecule has 0 saturated carbocycles. The molecule has 1 amide bonds. The molecule has 0 aromatic heterocycles. The molecule has 0 radical (unpaired) electrons. The number of hydrogen-bond acceptors (Lipinski definition) is 7. The third-order valence-corrected chi connectivity index (χ3v) is 6.81. The Hall–Kier alpha value is -2.13. The summed E-state index contributed by atoms with van der Waals surface area (Å²) in [5.74, 6) is -1.07. The molecule has 2 aliphatic rings. The highest BCUT2D eigenvalue weighted by molar-refractivity contribution is 7.91. The normalized spacial score (nSPS) is 22.5. The van der Waals surface area contributed by atoms with Crippen molar-refractivity contribution in [2.24, 2.45) is 5.92 Å². The lowest BCUT2D eigenvalue weighted by Gasteiger charge is -2.28. The molecule has 0 spiro atoms. The second kappa shape index (κ2) is 8.91. The number of nitrogens with zero attached hydrogens (tertiary/aromatic N) is 1. The lowest BCUT2D eigenvalue weighted by Crippen LogP contribution is -2.36. The van der Waals surface area contributed by atoms with Gasteiger partial charge < -0.3 is 19.7 Å². The zero-order chi connectivity index (χ0) is 20.1. The number of carbonyl (C=O) groups is 2. The first-order valence-electron chi connectivity index (χ1n) is 9.46. The molecule has 1 N–H and O–H groups in total. The summed E-state index contributed by atoms with van der Waals surface area (Å²) in [4.78, 5) is 26.5. The largest absolute Gasteiger partial charge is 0.453 e. The van der Waals surface area contributed by atoms with E-state index in [0.717, 1.165) is 18.8 Å². The number of carbonyl (C=O) groups excluding carboxylic acids is 2. The number of sulfone groups is 1. The number of ether oxygens (including phenoxy) is 2. The second-order valence-corrected chi connectivity index (χ2v) is 9.47. The fourth-order valence-electron chi connectivity index (χ4n) is 3.39. The van der Waals surface area contributed by atoms with Crippen LogP contribution in [-0.4, -0.2) is 64.2 Å². The van der Waals surface area contributed by atoms with Gasteiger partial charge in [0.1, 0.15) is 0 Å². The molecule has 1 aromatic carbocycles. The van der Waals surface area contributed by atoms with Crippen LogP contribution in [-0.2, 0) is 28.9 Å². The molecule has 8 nitrogen and oxygen atoms in total. The molecule has 0 unspecified atom stereocenters. The molecule has 3 rings (SSSR count). The summed E-state index contributed by atoms with van der Waals surface area (Å²) < 4.78 is 33.4. The summed E-state index contributed by atoms with van der Waals surface area (Å²) in [7, 11) is -3.04. The van der Waals surface area contributed by atoms with Gasteiger partial charge in [0, 0.05) is 30.9 Å². The average molecular weight is 410 g/mol. The van der Waals surface area contributed by atoms with Gasteiger partial charge in [0.2, 0.25) is 0 Å². The molecule has 2 fully saturated rings. The predicted molar refractivity (Wildman–Crippen MR) is 105 cm³/mol. The molecule has 1 aromatic rings. The number of amides is 1. The molecule has 28 heavy (non-hydrogen) atoms. The first-order valence-corrected chi connectivity index (χ1v) is 11.3. The number of morpholine rings is 1. The van der Waals surface area contributed by atoms with E-state index in [-0.39, 0.29) is 23.8 Å². The first kappa shape index (κ1) is 20.6. The van der Waals surface area contributed by atoms with Crippen molar-refractivity contribution in [2.75, 3.05) is 48.0 Å². The van der Waals surface area contributed by atoms with Crippen molar-refractivity contribution in [3.05, 3.63) is 24.3 Å². The fourth-order valence-corrected chi connectivity index (χ4v) is 5.25. The SMILES string of the molecule is C[C@@H](OC(=O)C[C@H]1CCS(=O)(=O)C1)C(=O)Nc1ccc(N2CCOCC2)cc1. The first-order chi connectivity index (χ1) is 13.3. The van der Waals surface area contributed by atoms with E-state index in [9.17, 15) is 18.0 Å². The minimum atomic E-state index is -3.04. The van der Waals surface area contributed by atoms with Crippen LogP contribution in [0.4, 0.5) is 11.4 Å². The maximum Gasteiger partial charge on any atom is 0.306 e. The number of rotatable bonds is 6. The van der Waals surface area contributed by atoms with Gasteiger partial charge in [-0.05, 0) is 43.5 Å². The van der Waals surface area contributed by atoms with Gasteiger partial charge in [-0.1, -0.05) is 0 Å². The van der Waals surface area contributed by atoms with Crippen LogP contribution in [0.3, 0.4) is 0 Å². The Labute approximate surface area is 165 Å². The van der Waals surface area contributed by atoms with Crippen molar-refractivity contribution in [1.82, 2.24) is 0 Å². The van der Waals surface area contributed by atoms with E-state index >= 15 is 0 Å². The molecule has 9 heteroatoms. The Kier molecular flexibility index (Phi) is 6.56. The number of hydrogen-bond donors (Lipinski definition) is 1. The smallest absolute Gasteiger partial charge is 0.306 e. The minimum absolute atomic E-state index is 0.0121. The van der Waals surface area contributed by atoms with E-state index < -0.39 is 27.8 Å². The molecule has 0 bridgehead atoms. The van der Waals surface area contributed by atoms with Crippen molar-refractivity contribution in [3.63, 3.8) is 0 Å². The van der Waals surface area contributed by atoms with Gasteiger partial charge in [0.25, 0.3) is 5.91 Å². The third kappa shape index (κ3) is 5.68. The van der Waals surface area contributed by atoms with Crippen LogP contribution in [0.15, 0.2) is 24.3 Å². The zero-order valence-electron chi connectivity index (χ0n) is 15.9. The van der Waals surface area contributed by atoms with Crippen molar-refractivity contribution >= 4 is 33.1 Å². The van der Waals surface area contributed by atoms with Crippen LogP contribution >= 0.6 is 0 Å². The van der Waals surface area contributed by atoms with Crippen molar-refractivity contribution < 1.29 is 27.5 Å². The Morgan fingerprint density at radius 2 is 1.93 bits per heavy atom. The van der Waals surface area contributed by atoms with Gasteiger partial charge in [-0.2, -0.15) is 0 Å². The number of benzene rings is 1. The zero-order valence-corrected chi connectivity index (χ0v) is 16.7. The molecule has 0 aliphatic carbocycles. The molecular formula is C19H26N2O6S. The lowest BCUT2D eigenvalue weighted by molar-refractivity contribution is -0.153. The fraction of sp³-hybridized carbons (Fsp3) is 0.579. The average Bonchev–Trinajstić information content (AvgIpc) is 3.01. The summed E-state index contributed by atoms with van der Waals surface area (Å²) in [6, 6.07) is 7.47. The van der Waals surface area contributed by atoms with Crippen LogP contribution < -0.4 is 10.2 Å². The Morgan fingerprint density at radius 3 is 2.54 bits per heavy atom. The van der Waals surface area contributed by atoms with Gasteiger partial charge in [0.05, 0.1) is 24.7 Å². The van der Waals surface area contributed by atoms with Crippen LogP contribution in [0.5, 0.6) is 0 Å². The molecule has 154 valence electrons. The molecule has 2 saturated heterocycles. The van der Waals surface area contributed by atoms with E-state index in [1.165, 1.54) is 6.92 Å². The van der Waals surface area contributed by atoms with Gasteiger partial charge >= 0.3 is 5.97 Å². The van der Waals surface area contributed by atoms with Crippen LogP contribution in [0.25, 0.3) is 0 Å². The molecule has 2 heterocycles. The second-order valence-electron chi connectivity index (χ2n) is 7.24. The summed E-state index contributed by atoms with van der Waals surface area (Å²) in [6.45, 7) is 4.57. The summed E-state index contributed by atoms with van der Waals surface area (Å²) in [5, 5.41) is 2.73. The maximum atomic E-state index is 12.3. The van der Waals surface area contributed by atoms with Crippen LogP contribution in [0.1, 0.15) is 19.8 Å². The van der Waals surface area contributed by atoms with Crippen molar-refractivity contribution in [3.8, 4) is 0 Å². The van der Waals surface area contributed by atoms with Gasteiger partial charge in [0.15, 0.2) is 15.9 Å². The van der Waals surface area contributed by atoms with E-state index in [1.807, 2.05) is 12.1 Å². The Morgan fingerprint density at radius 1 is 1.25 bits per heavy atom. The topological polar surface area (TPSA) is 102 Å². The van der Waals surface area contributed by atoms with E-state index in [0.29, 0.717) is 25.3 Å². The standard InChI is InChI=1S/C19H26N2O6S/c1-14(27-18(22)12-15-6-11-28(24,25)13-15)19(23)20-16-2-4-17(5-3-16)21-7-9-26-10-8-21/h2-5,14-15H,6-13H2,1H3,(H,20,23)/t14-,15-/m1/s1. The summed E-state index contributed by atoms with van der Waals surface area (Å²) >= 11 is 0. The van der Waals surface area contributed by atoms with Crippen molar-refractivity contribution in [2.45, 2.75) is 25.9 Å². The number of anilines is 2. The number of nitrogens with one attached hydrogen (secondary N) is 1. The highest BCUT2D eigenvalue weighted by Gasteiger charge is 2.30. The molecular weight excluding hydrogens is 384 g/mol.